The van der Waals surface area contributed by atoms with Gasteiger partial charge >= 0.3 is 0 Å². The van der Waals surface area contributed by atoms with E-state index in [1.807, 2.05) is 16.8 Å². The van der Waals surface area contributed by atoms with Crippen molar-refractivity contribution in [3.63, 3.8) is 0 Å². The molecule has 16 heavy (non-hydrogen) atoms. The smallest absolute Gasteiger partial charge is 0.144 e. The highest BCUT2D eigenvalue weighted by molar-refractivity contribution is 7.08. The van der Waals surface area contributed by atoms with Gasteiger partial charge in [0.15, 0.2) is 0 Å². The molecular weight excluding hydrogens is 222 g/mol. The fourth-order valence-electron chi connectivity index (χ4n) is 1.33. The summed E-state index contributed by atoms with van der Waals surface area (Å²) >= 11 is 1.57. The first-order valence-electron chi connectivity index (χ1n) is 4.93. The second-order valence-electron chi connectivity index (χ2n) is 3.73. The Morgan fingerprint density at radius 1 is 1.50 bits per heavy atom. The number of aliphatic hydroxyl groups is 1. The van der Waals surface area contributed by atoms with Crippen molar-refractivity contribution >= 4 is 17.2 Å². The van der Waals surface area contributed by atoms with Crippen LogP contribution in [-0.2, 0) is 5.60 Å². The minimum atomic E-state index is -0.891. The summed E-state index contributed by atoms with van der Waals surface area (Å²) in [5.41, 5.74) is 0.0197. The Hall–Kier alpha value is -1.46. The van der Waals surface area contributed by atoms with Gasteiger partial charge in [0.1, 0.15) is 11.4 Å². The van der Waals surface area contributed by atoms with Crippen molar-refractivity contribution in [3.8, 4) is 0 Å². The number of nitrogens with one attached hydrogen (secondary N) is 1. The van der Waals surface area contributed by atoms with Crippen molar-refractivity contribution in [2.24, 2.45) is 0 Å². The lowest BCUT2D eigenvalue weighted by Crippen LogP contribution is -2.30. The standard InChI is InChI=1S/C11H13N3OS/c1-11(15,9-2-5-16-7-9)8-14-10-6-12-3-4-13-10/h2-7,15H,8H2,1H3,(H,13,14). The summed E-state index contributed by atoms with van der Waals surface area (Å²) in [5, 5.41) is 17.2. The lowest BCUT2D eigenvalue weighted by atomic mass is 9.99. The molecule has 0 aliphatic rings. The van der Waals surface area contributed by atoms with Crippen LogP contribution in [0.5, 0.6) is 0 Å². The van der Waals surface area contributed by atoms with Crippen molar-refractivity contribution < 1.29 is 5.11 Å². The number of rotatable bonds is 4. The highest BCUT2D eigenvalue weighted by atomic mass is 32.1. The van der Waals surface area contributed by atoms with Gasteiger partial charge < -0.3 is 10.4 Å². The van der Waals surface area contributed by atoms with Crippen LogP contribution in [0.3, 0.4) is 0 Å². The van der Waals surface area contributed by atoms with Crippen LogP contribution >= 0.6 is 11.3 Å². The van der Waals surface area contributed by atoms with Crippen LogP contribution in [0, 0.1) is 0 Å². The third-order valence-electron chi connectivity index (χ3n) is 2.32. The van der Waals surface area contributed by atoms with Gasteiger partial charge in [-0.2, -0.15) is 11.3 Å². The van der Waals surface area contributed by atoms with E-state index in [2.05, 4.69) is 15.3 Å². The van der Waals surface area contributed by atoms with E-state index in [-0.39, 0.29) is 0 Å². The number of aromatic nitrogens is 2. The predicted octanol–water partition coefficient (Wildman–Crippen LogP) is 1.86. The monoisotopic (exact) mass is 235 g/mol. The molecule has 1 atom stereocenters. The van der Waals surface area contributed by atoms with E-state index >= 15 is 0 Å². The third-order valence-corrected chi connectivity index (χ3v) is 3.00. The molecule has 0 saturated heterocycles. The van der Waals surface area contributed by atoms with Crippen LogP contribution in [0.1, 0.15) is 12.5 Å². The van der Waals surface area contributed by atoms with Gasteiger partial charge in [0.25, 0.3) is 0 Å². The Balaban J connectivity index is 2.00. The minimum absolute atomic E-state index is 0.405. The highest BCUT2D eigenvalue weighted by Gasteiger charge is 2.23. The fourth-order valence-corrected chi connectivity index (χ4v) is 2.11. The van der Waals surface area contributed by atoms with Gasteiger partial charge in [0, 0.05) is 18.9 Å². The molecule has 0 saturated carbocycles. The van der Waals surface area contributed by atoms with Gasteiger partial charge in [0.05, 0.1) is 6.20 Å². The summed E-state index contributed by atoms with van der Waals surface area (Å²) in [4.78, 5) is 8.02. The van der Waals surface area contributed by atoms with Crippen molar-refractivity contribution in [2.45, 2.75) is 12.5 Å². The average molecular weight is 235 g/mol. The van der Waals surface area contributed by atoms with Crippen LogP contribution < -0.4 is 5.32 Å². The molecule has 5 heteroatoms. The number of hydrogen-bond donors (Lipinski definition) is 2. The van der Waals surface area contributed by atoms with Gasteiger partial charge in [-0.05, 0) is 29.3 Å². The van der Waals surface area contributed by atoms with Crippen LogP contribution in [0.4, 0.5) is 5.82 Å². The van der Waals surface area contributed by atoms with Crippen molar-refractivity contribution in [1.82, 2.24) is 9.97 Å². The van der Waals surface area contributed by atoms with E-state index in [0.717, 1.165) is 5.56 Å². The number of nitrogens with zero attached hydrogens (tertiary/aromatic N) is 2. The molecule has 0 fully saturated rings. The molecule has 2 heterocycles. The largest absolute Gasteiger partial charge is 0.384 e. The molecular formula is C11H13N3OS. The van der Waals surface area contributed by atoms with Gasteiger partial charge in [-0.3, -0.25) is 4.98 Å². The molecule has 1 unspecified atom stereocenters. The summed E-state index contributed by atoms with van der Waals surface area (Å²) in [7, 11) is 0. The van der Waals surface area contributed by atoms with E-state index < -0.39 is 5.60 Å². The second kappa shape index (κ2) is 4.59. The molecule has 2 N–H and O–H groups in total. The number of hydrogen-bond acceptors (Lipinski definition) is 5. The minimum Gasteiger partial charge on any atom is -0.384 e. The van der Waals surface area contributed by atoms with E-state index in [1.54, 1.807) is 36.9 Å². The molecule has 84 valence electrons. The van der Waals surface area contributed by atoms with E-state index in [1.165, 1.54) is 0 Å². The molecule has 0 bridgehead atoms. The van der Waals surface area contributed by atoms with Gasteiger partial charge in [0.2, 0.25) is 0 Å². The zero-order valence-electron chi connectivity index (χ0n) is 8.92. The van der Waals surface area contributed by atoms with Gasteiger partial charge in [-0.25, -0.2) is 4.98 Å². The first-order valence-corrected chi connectivity index (χ1v) is 5.88. The number of anilines is 1. The second-order valence-corrected chi connectivity index (χ2v) is 4.51. The van der Waals surface area contributed by atoms with E-state index in [0.29, 0.717) is 12.4 Å². The fraction of sp³-hybridized carbons (Fsp3) is 0.273. The zero-order valence-corrected chi connectivity index (χ0v) is 9.74. The van der Waals surface area contributed by atoms with E-state index in [4.69, 9.17) is 0 Å². The molecule has 2 rings (SSSR count). The maximum atomic E-state index is 10.2. The molecule has 0 spiro atoms. The summed E-state index contributed by atoms with van der Waals surface area (Å²) in [6.07, 6.45) is 4.85. The molecule has 0 aromatic carbocycles. The quantitative estimate of drug-likeness (QED) is 0.849. The zero-order chi connectivity index (χ0) is 11.4. The Morgan fingerprint density at radius 3 is 3.00 bits per heavy atom. The van der Waals surface area contributed by atoms with Crippen LogP contribution in [0.25, 0.3) is 0 Å². The summed E-state index contributed by atoms with van der Waals surface area (Å²) in [6, 6.07) is 1.92. The first kappa shape index (κ1) is 11.0. The lowest BCUT2D eigenvalue weighted by Gasteiger charge is -2.22. The van der Waals surface area contributed by atoms with Gasteiger partial charge in [-0.1, -0.05) is 0 Å². The van der Waals surface area contributed by atoms with Crippen LogP contribution in [0.15, 0.2) is 35.4 Å². The SMILES string of the molecule is CC(O)(CNc1cnccn1)c1ccsc1. The third kappa shape index (κ3) is 2.56. The first-order chi connectivity index (χ1) is 7.68. The Bertz CT molecular complexity index is 428. The maximum Gasteiger partial charge on any atom is 0.144 e. The predicted molar refractivity (Wildman–Crippen MR) is 64.4 cm³/mol. The summed E-state index contributed by atoms with van der Waals surface area (Å²) < 4.78 is 0. The molecule has 0 aliphatic heterocycles. The summed E-state index contributed by atoms with van der Waals surface area (Å²) in [6.45, 7) is 2.18. The van der Waals surface area contributed by atoms with Crippen LogP contribution in [-0.4, -0.2) is 21.6 Å². The molecule has 4 nitrogen and oxygen atoms in total. The molecule has 0 aliphatic carbocycles. The normalized spacial score (nSPS) is 14.4. The Kier molecular flexibility index (Phi) is 3.17. The van der Waals surface area contributed by atoms with Crippen molar-refractivity contribution in [1.29, 1.82) is 0 Å². The lowest BCUT2D eigenvalue weighted by molar-refractivity contribution is 0.0719. The molecule has 0 amide bonds. The van der Waals surface area contributed by atoms with Crippen LogP contribution in [0.2, 0.25) is 0 Å². The highest BCUT2D eigenvalue weighted by Crippen LogP contribution is 2.22. The van der Waals surface area contributed by atoms with Crippen molar-refractivity contribution in [2.75, 3.05) is 11.9 Å². The Morgan fingerprint density at radius 2 is 2.38 bits per heavy atom. The van der Waals surface area contributed by atoms with Gasteiger partial charge in [-0.15, -0.1) is 0 Å². The van der Waals surface area contributed by atoms with Crippen molar-refractivity contribution in [3.05, 3.63) is 41.0 Å². The summed E-state index contributed by atoms with van der Waals surface area (Å²) in [5.74, 6) is 0.665. The molecule has 2 aromatic heterocycles. The maximum absolute atomic E-state index is 10.2. The average Bonchev–Trinajstić information content (AvgIpc) is 2.82. The molecule has 0 radical (unpaired) electrons. The van der Waals surface area contributed by atoms with E-state index in [9.17, 15) is 5.11 Å². The number of thiophene rings is 1. The topological polar surface area (TPSA) is 58.0 Å². The Labute approximate surface area is 98.0 Å². The molecule has 2 aromatic rings.